The Morgan fingerprint density at radius 2 is 1.75 bits per heavy atom. The molecule has 20 heavy (non-hydrogen) atoms. The number of nitrogens with two attached hydrogens (primary N) is 1. The number of aryl methyl sites for hydroxylation is 2. The van der Waals surface area contributed by atoms with Gasteiger partial charge in [-0.25, -0.2) is 0 Å². The third-order valence-corrected chi connectivity index (χ3v) is 5.04. The molecule has 2 heteroatoms. The molecule has 1 saturated heterocycles. The van der Waals surface area contributed by atoms with Gasteiger partial charge in [0.05, 0.1) is 0 Å². The van der Waals surface area contributed by atoms with Crippen LogP contribution in [-0.2, 0) is 17.6 Å². The van der Waals surface area contributed by atoms with E-state index < -0.39 is 0 Å². The van der Waals surface area contributed by atoms with Crippen molar-refractivity contribution in [1.29, 1.82) is 0 Å². The summed E-state index contributed by atoms with van der Waals surface area (Å²) in [7, 11) is 0. The van der Waals surface area contributed by atoms with E-state index in [1.807, 2.05) is 0 Å². The minimum atomic E-state index is 0.142. The summed E-state index contributed by atoms with van der Waals surface area (Å²) in [4.78, 5) is 0. The average Bonchev–Trinajstić information content (AvgIpc) is 2.93. The molecule has 104 valence electrons. The van der Waals surface area contributed by atoms with Gasteiger partial charge in [-0.2, -0.15) is 0 Å². The van der Waals surface area contributed by atoms with Crippen LogP contribution < -0.4 is 5.73 Å². The SMILES string of the molecule is NC(c1ccc2c3c(cccc13)CC2)C1CCOCC1. The maximum absolute atomic E-state index is 6.60. The van der Waals surface area contributed by atoms with Crippen LogP contribution in [0.15, 0.2) is 30.3 Å². The fraction of sp³-hybridized carbons (Fsp3) is 0.444. The third kappa shape index (κ3) is 1.87. The second kappa shape index (κ2) is 4.87. The topological polar surface area (TPSA) is 35.2 Å². The summed E-state index contributed by atoms with van der Waals surface area (Å²) in [5.74, 6) is 0.558. The Kier molecular flexibility index (Phi) is 3.01. The minimum absolute atomic E-state index is 0.142. The van der Waals surface area contributed by atoms with Crippen LogP contribution >= 0.6 is 0 Å². The van der Waals surface area contributed by atoms with Gasteiger partial charge in [-0.05, 0) is 59.1 Å². The predicted molar refractivity (Wildman–Crippen MR) is 81.8 cm³/mol. The fourth-order valence-corrected chi connectivity index (χ4v) is 3.89. The first-order valence-corrected chi connectivity index (χ1v) is 7.71. The lowest BCUT2D eigenvalue weighted by molar-refractivity contribution is 0.0585. The molecule has 4 rings (SSSR count). The molecule has 0 saturated carbocycles. The van der Waals surface area contributed by atoms with Crippen molar-refractivity contribution >= 4 is 10.8 Å². The molecule has 0 radical (unpaired) electrons. The van der Waals surface area contributed by atoms with Crippen molar-refractivity contribution in [3.05, 3.63) is 47.0 Å². The van der Waals surface area contributed by atoms with Gasteiger partial charge < -0.3 is 10.5 Å². The molecule has 1 atom stereocenters. The summed E-state index contributed by atoms with van der Waals surface area (Å²) < 4.78 is 5.47. The standard InChI is InChI=1S/C18H21NO/c19-18(14-8-10-20-11-9-14)16-7-6-13-5-4-12-2-1-3-15(16)17(12)13/h1-3,6-7,14,18H,4-5,8-11,19H2. The van der Waals surface area contributed by atoms with Gasteiger partial charge in [-0.3, -0.25) is 0 Å². The zero-order valence-electron chi connectivity index (χ0n) is 11.8. The van der Waals surface area contributed by atoms with Gasteiger partial charge in [0.1, 0.15) is 0 Å². The summed E-state index contributed by atoms with van der Waals surface area (Å²) in [5, 5.41) is 2.86. The van der Waals surface area contributed by atoms with E-state index >= 15 is 0 Å². The van der Waals surface area contributed by atoms with E-state index in [-0.39, 0.29) is 6.04 Å². The van der Waals surface area contributed by atoms with Crippen molar-refractivity contribution in [3.63, 3.8) is 0 Å². The maximum Gasteiger partial charge on any atom is 0.0469 e. The molecule has 1 heterocycles. The molecule has 2 aromatic carbocycles. The monoisotopic (exact) mass is 267 g/mol. The highest BCUT2D eigenvalue weighted by Gasteiger charge is 2.25. The molecule has 0 spiro atoms. The highest BCUT2D eigenvalue weighted by Crippen LogP contribution is 2.37. The van der Waals surface area contributed by atoms with E-state index in [0.717, 1.165) is 26.1 Å². The molecular formula is C18H21NO. The largest absolute Gasteiger partial charge is 0.381 e. The molecule has 1 fully saturated rings. The van der Waals surface area contributed by atoms with Gasteiger partial charge in [-0.15, -0.1) is 0 Å². The van der Waals surface area contributed by atoms with Crippen LogP contribution in [0.25, 0.3) is 10.8 Å². The Morgan fingerprint density at radius 3 is 2.55 bits per heavy atom. The van der Waals surface area contributed by atoms with Gasteiger partial charge in [-0.1, -0.05) is 30.3 Å². The van der Waals surface area contributed by atoms with Crippen molar-refractivity contribution in [2.45, 2.75) is 31.7 Å². The van der Waals surface area contributed by atoms with Crippen molar-refractivity contribution in [2.24, 2.45) is 11.7 Å². The van der Waals surface area contributed by atoms with Gasteiger partial charge in [0.15, 0.2) is 0 Å². The Hall–Kier alpha value is -1.38. The van der Waals surface area contributed by atoms with Gasteiger partial charge >= 0.3 is 0 Å². The Bertz CT molecular complexity index is 633. The first kappa shape index (κ1) is 12.4. The van der Waals surface area contributed by atoms with E-state index in [9.17, 15) is 0 Å². The van der Waals surface area contributed by atoms with E-state index in [0.29, 0.717) is 5.92 Å². The van der Waals surface area contributed by atoms with E-state index in [4.69, 9.17) is 10.5 Å². The van der Waals surface area contributed by atoms with E-state index in [2.05, 4.69) is 30.3 Å². The van der Waals surface area contributed by atoms with E-state index in [1.54, 1.807) is 0 Å². The molecule has 1 aliphatic heterocycles. The van der Waals surface area contributed by atoms with Gasteiger partial charge in [0.2, 0.25) is 0 Å². The fourth-order valence-electron chi connectivity index (χ4n) is 3.89. The number of hydrogen-bond acceptors (Lipinski definition) is 2. The number of benzene rings is 2. The van der Waals surface area contributed by atoms with Crippen LogP contribution in [0.1, 0.15) is 35.6 Å². The van der Waals surface area contributed by atoms with Gasteiger partial charge in [0.25, 0.3) is 0 Å². The van der Waals surface area contributed by atoms with Gasteiger partial charge in [0, 0.05) is 19.3 Å². The highest BCUT2D eigenvalue weighted by molar-refractivity contribution is 5.93. The van der Waals surface area contributed by atoms with Crippen LogP contribution in [-0.4, -0.2) is 13.2 Å². The Balaban J connectivity index is 1.80. The Labute approximate surface area is 119 Å². The molecule has 0 bridgehead atoms. The highest BCUT2D eigenvalue weighted by atomic mass is 16.5. The van der Waals surface area contributed by atoms with Crippen LogP contribution in [0.3, 0.4) is 0 Å². The molecule has 1 unspecified atom stereocenters. The first-order valence-electron chi connectivity index (χ1n) is 7.71. The second-order valence-electron chi connectivity index (χ2n) is 6.13. The summed E-state index contributed by atoms with van der Waals surface area (Å²) in [6.45, 7) is 1.72. The van der Waals surface area contributed by atoms with Crippen LogP contribution in [0, 0.1) is 5.92 Å². The molecule has 2 nitrogen and oxygen atoms in total. The molecule has 2 aromatic rings. The van der Waals surface area contributed by atoms with Crippen LogP contribution in [0.2, 0.25) is 0 Å². The number of hydrogen-bond donors (Lipinski definition) is 1. The van der Waals surface area contributed by atoms with Crippen molar-refractivity contribution < 1.29 is 4.74 Å². The minimum Gasteiger partial charge on any atom is -0.381 e. The lowest BCUT2D eigenvalue weighted by Gasteiger charge is -2.28. The quantitative estimate of drug-likeness (QED) is 0.905. The summed E-state index contributed by atoms with van der Waals surface area (Å²) in [6.07, 6.45) is 4.54. The summed E-state index contributed by atoms with van der Waals surface area (Å²) in [6, 6.07) is 11.4. The number of rotatable bonds is 2. The smallest absolute Gasteiger partial charge is 0.0469 e. The lowest BCUT2D eigenvalue weighted by Crippen LogP contribution is -2.27. The predicted octanol–water partition coefficient (Wildman–Crippen LogP) is 3.36. The van der Waals surface area contributed by atoms with E-state index in [1.165, 1.54) is 40.3 Å². The van der Waals surface area contributed by atoms with Crippen molar-refractivity contribution in [1.82, 2.24) is 0 Å². The van der Waals surface area contributed by atoms with Crippen molar-refractivity contribution in [2.75, 3.05) is 13.2 Å². The lowest BCUT2D eigenvalue weighted by atomic mass is 9.85. The summed E-state index contributed by atoms with van der Waals surface area (Å²) in [5.41, 5.74) is 10.9. The summed E-state index contributed by atoms with van der Waals surface area (Å²) >= 11 is 0. The van der Waals surface area contributed by atoms with Crippen LogP contribution in [0.4, 0.5) is 0 Å². The molecule has 2 N–H and O–H groups in total. The second-order valence-corrected chi connectivity index (χ2v) is 6.13. The molecule has 0 amide bonds. The molecule has 0 aromatic heterocycles. The number of ether oxygens (including phenoxy) is 1. The third-order valence-electron chi connectivity index (χ3n) is 5.04. The Morgan fingerprint density at radius 1 is 1.00 bits per heavy atom. The van der Waals surface area contributed by atoms with Crippen LogP contribution in [0.5, 0.6) is 0 Å². The van der Waals surface area contributed by atoms with Crippen molar-refractivity contribution in [3.8, 4) is 0 Å². The average molecular weight is 267 g/mol. The molecule has 1 aliphatic carbocycles. The molecular weight excluding hydrogens is 246 g/mol. The molecule has 2 aliphatic rings. The normalized spacial score (nSPS) is 20.4. The zero-order valence-corrected chi connectivity index (χ0v) is 11.8. The maximum atomic E-state index is 6.60. The first-order chi connectivity index (χ1) is 9.84. The zero-order chi connectivity index (χ0) is 13.5.